The van der Waals surface area contributed by atoms with Gasteiger partial charge >= 0.3 is 6.03 Å². The summed E-state index contributed by atoms with van der Waals surface area (Å²) >= 11 is 0. The van der Waals surface area contributed by atoms with Crippen molar-refractivity contribution in [1.82, 2.24) is 20.4 Å². The first-order valence-electron chi connectivity index (χ1n) is 9.65. The second-order valence-electron chi connectivity index (χ2n) is 7.53. The SMILES string of the molecule is CCN1CCC(NC(=O)CN2C(=O)NC(C)(c3cccc([N+](=O)[O-])c3)C2=O)CC1. The van der Waals surface area contributed by atoms with Gasteiger partial charge < -0.3 is 15.5 Å². The first-order valence-corrected chi connectivity index (χ1v) is 9.65. The summed E-state index contributed by atoms with van der Waals surface area (Å²) in [6, 6.07) is 4.88. The Morgan fingerprint density at radius 3 is 2.66 bits per heavy atom. The number of hydrogen-bond donors (Lipinski definition) is 2. The molecule has 1 atom stereocenters. The van der Waals surface area contributed by atoms with Gasteiger partial charge in [0.25, 0.3) is 11.6 Å². The summed E-state index contributed by atoms with van der Waals surface area (Å²) in [7, 11) is 0. The lowest BCUT2D eigenvalue weighted by molar-refractivity contribution is -0.385. The average molecular weight is 403 g/mol. The van der Waals surface area contributed by atoms with E-state index in [2.05, 4.69) is 22.5 Å². The lowest BCUT2D eigenvalue weighted by Crippen LogP contribution is -2.48. The maximum Gasteiger partial charge on any atom is 0.325 e. The zero-order chi connectivity index (χ0) is 21.2. The highest BCUT2D eigenvalue weighted by atomic mass is 16.6. The van der Waals surface area contributed by atoms with Crippen molar-refractivity contribution >= 4 is 23.5 Å². The monoisotopic (exact) mass is 403 g/mol. The Bertz CT molecular complexity index is 836. The molecule has 2 N–H and O–H groups in total. The number of nitrogens with zero attached hydrogens (tertiary/aromatic N) is 3. The molecular formula is C19H25N5O5. The van der Waals surface area contributed by atoms with Crippen LogP contribution in [0.15, 0.2) is 24.3 Å². The summed E-state index contributed by atoms with van der Waals surface area (Å²) < 4.78 is 0. The van der Waals surface area contributed by atoms with Gasteiger partial charge in [-0.1, -0.05) is 19.1 Å². The van der Waals surface area contributed by atoms with Crippen molar-refractivity contribution < 1.29 is 19.3 Å². The van der Waals surface area contributed by atoms with Gasteiger partial charge in [0.05, 0.1) is 4.92 Å². The van der Waals surface area contributed by atoms with Crippen LogP contribution in [0.25, 0.3) is 0 Å². The van der Waals surface area contributed by atoms with E-state index in [1.165, 1.54) is 31.2 Å². The molecular weight excluding hydrogens is 378 g/mol. The van der Waals surface area contributed by atoms with Crippen LogP contribution >= 0.6 is 0 Å². The summed E-state index contributed by atoms with van der Waals surface area (Å²) in [5.41, 5.74) is -1.35. The van der Waals surface area contributed by atoms with E-state index in [0.717, 1.165) is 37.4 Å². The molecule has 10 heteroatoms. The van der Waals surface area contributed by atoms with Gasteiger partial charge in [-0.2, -0.15) is 0 Å². The van der Waals surface area contributed by atoms with Crippen LogP contribution in [0, 0.1) is 10.1 Å². The van der Waals surface area contributed by atoms with Crippen molar-refractivity contribution in [2.24, 2.45) is 0 Å². The highest BCUT2D eigenvalue weighted by Gasteiger charge is 2.49. The van der Waals surface area contributed by atoms with E-state index in [1.54, 1.807) is 0 Å². The zero-order valence-electron chi connectivity index (χ0n) is 16.5. The molecule has 2 aliphatic rings. The molecule has 0 saturated carbocycles. The van der Waals surface area contributed by atoms with E-state index in [4.69, 9.17) is 0 Å². The molecule has 2 heterocycles. The smallest absolute Gasteiger partial charge is 0.325 e. The third-order valence-corrected chi connectivity index (χ3v) is 5.61. The molecule has 0 radical (unpaired) electrons. The van der Waals surface area contributed by atoms with Gasteiger partial charge in [0.1, 0.15) is 12.1 Å². The Morgan fingerprint density at radius 2 is 2.03 bits per heavy atom. The van der Waals surface area contributed by atoms with Crippen molar-refractivity contribution in [2.45, 2.75) is 38.3 Å². The highest BCUT2D eigenvalue weighted by molar-refractivity contribution is 6.09. The number of urea groups is 1. The molecule has 0 bridgehead atoms. The number of likely N-dealkylation sites (tertiary alicyclic amines) is 1. The normalized spacial score (nSPS) is 23.2. The molecule has 1 aromatic carbocycles. The van der Waals surface area contributed by atoms with Gasteiger partial charge in [-0.15, -0.1) is 0 Å². The number of carbonyl (C=O) groups is 3. The first kappa shape index (κ1) is 20.7. The molecule has 2 fully saturated rings. The fourth-order valence-corrected chi connectivity index (χ4v) is 3.78. The van der Waals surface area contributed by atoms with Crippen molar-refractivity contribution in [1.29, 1.82) is 0 Å². The van der Waals surface area contributed by atoms with Crippen LogP contribution in [-0.4, -0.2) is 64.8 Å². The standard InChI is InChI=1S/C19H25N5O5/c1-3-22-9-7-14(8-10-22)20-16(25)12-23-17(26)19(2,21-18(23)27)13-5-4-6-15(11-13)24(28)29/h4-6,11,14H,3,7-10,12H2,1-2H3,(H,20,25)(H,21,27). The zero-order valence-corrected chi connectivity index (χ0v) is 16.5. The molecule has 156 valence electrons. The Morgan fingerprint density at radius 1 is 1.34 bits per heavy atom. The molecule has 2 saturated heterocycles. The average Bonchev–Trinajstić information content (AvgIpc) is 2.92. The predicted molar refractivity (Wildman–Crippen MR) is 104 cm³/mol. The van der Waals surface area contributed by atoms with E-state index in [0.29, 0.717) is 5.56 Å². The number of non-ortho nitro benzene ring substituents is 1. The number of imide groups is 1. The van der Waals surface area contributed by atoms with E-state index in [-0.39, 0.29) is 18.3 Å². The summed E-state index contributed by atoms with van der Waals surface area (Å²) in [6.45, 7) is 5.95. The number of piperidine rings is 1. The van der Waals surface area contributed by atoms with Gasteiger partial charge in [-0.25, -0.2) is 4.79 Å². The summed E-state index contributed by atoms with van der Waals surface area (Å²) in [6.07, 6.45) is 1.65. The molecule has 0 spiro atoms. The minimum atomic E-state index is -1.46. The van der Waals surface area contributed by atoms with Crippen LogP contribution in [-0.2, 0) is 15.1 Å². The minimum absolute atomic E-state index is 0.0224. The van der Waals surface area contributed by atoms with Gasteiger partial charge in [0.15, 0.2) is 0 Å². The molecule has 1 aromatic rings. The first-order chi connectivity index (χ1) is 13.7. The Labute approximate surface area is 168 Å². The minimum Gasteiger partial charge on any atom is -0.352 e. The van der Waals surface area contributed by atoms with E-state index >= 15 is 0 Å². The number of rotatable bonds is 6. The number of hydrogen-bond acceptors (Lipinski definition) is 6. The van der Waals surface area contributed by atoms with Crippen LogP contribution in [0.1, 0.15) is 32.3 Å². The summed E-state index contributed by atoms with van der Waals surface area (Å²) in [5, 5.41) is 16.5. The second-order valence-corrected chi connectivity index (χ2v) is 7.53. The highest BCUT2D eigenvalue weighted by Crippen LogP contribution is 2.30. The number of nitro benzene ring substituents is 1. The molecule has 10 nitrogen and oxygen atoms in total. The molecule has 0 aromatic heterocycles. The van der Waals surface area contributed by atoms with Crippen molar-refractivity contribution in [3.63, 3.8) is 0 Å². The lowest BCUT2D eigenvalue weighted by atomic mass is 9.91. The topological polar surface area (TPSA) is 125 Å². The Kier molecular flexibility index (Phi) is 5.83. The van der Waals surface area contributed by atoms with Crippen LogP contribution in [0.5, 0.6) is 0 Å². The molecule has 2 aliphatic heterocycles. The molecule has 1 unspecified atom stereocenters. The van der Waals surface area contributed by atoms with Crippen LogP contribution in [0.2, 0.25) is 0 Å². The van der Waals surface area contributed by atoms with E-state index in [1.807, 2.05) is 0 Å². The third kappa shape index (κ3) is 4.21. The number of carbonyl (C=O) groups excluding carboxylic acids is 3. The molecule has 3 rings (SSSR count). The quantitative estimate of drug-likeness (QED) is 0.414. The Balaban J connectivity index is 1.66. The molecule has 4 amide bonds. The van der Waals surface area contributed by atoms with Crippen molar-refractivity contribution in [3.05, 3.63) is 39.9 Å². The maximum absolute atomic E-state index is 12.9. The van der Waals surface area contributed by atoms with Crippen LogP contribution in [0.4, 0.5) is 10.5 Å². The fraction of sp³-hybridized carbons (Fsp3) is 0.526. The van der Waals surface area contributed by atoms with Crippen LogP contribution < -0.4 is 10.6 Å². The fourth-order valence-electron chi connectivity index (χ4n) is 3.78. The van der Waals surface area contributed by atoms with Crippen molar-refractivity contribution in [3.8, 4) is 0 Å². The van der Waals surface area contributed by atoms with Crippen molar-refractivity contribution in [2.75, 3.05) is 26.2 Å². The van der Waals surface area contributed by atoms with E-state index < -0.39 is 28.3 Å². The summed E-state index contributed by atoms with van der Waals surface area (Å²) in [5.74, 6) is -1.01. The van der Waals surface area contributed by atoms with Gasteiger partial charge in [0.2, 0.25) is 5.91 Å². The summed E-state index contributed by atoms with van der Waals surface area (Å²) in [4.78, 5) is 51.3. The Hall–Kier alpha value is -3.01. The van der Waals surface area contributed by atoms with Crippen LogP contribution in [0.3, 0.4) is 0 Å². The van der Waals surface area contributed by atoms with Gasteiger partial charge in [-0.05, 0) is 31.9 Å². The van der Waals surface area contributed by atoms with Gasteiger partial charge in [-0.3, -0.25) is 24.6 Å². The third-order valence-electron chi connectivity index (χ3n) is 5.61. The maximum atomic E-state index is 12.9. The second kappa shape index (κ2) is 8.16. The number of nitrogens with one attached hydrogen (secondary N) is 2. The largest absolute Gasteiger partial charge is 0.352 e. The lowest BCUT2D eigenvalue weighted by Gasteiger charge is -2.31. The number of amides is 4. The number of nitro groups is 1. The van der Waals surface area contributed by atoms with E-state index in [9.17, 15) is 24.5 Å². The predicted octanol–water partition coefficient (Wildman–Crippen LogP) is 0.962. The molecule has 0 aliphatic carbocycles. The number of benzene rings is 1. The molecule has 29 heavy (non-hydrogen) atoms. The van der Waals surface area contributed by atoms with Gasteiger partial charge in [0, 0.05) is 31.3 Å².